The number of imidazole rings is 1. The summed E-state index contributed by atoms with van der Waals surface area (Å²) in [5.74, 6) is -3.29. The molecule has 1 aliphatic rings. The van der Waals surface area contributed by atoms with Crippen LogP contribution in [-0.4, -0.2) is 54.2 Å². The third-order valence-electron chi connectivity index (χ3n) is 6.10. The molecule has 4 aromatic rings. The van der Waals surface area contributed by atoms with Crippen molar-refractivity contribution in [3.8, 4) is 23.0 Å². The van der Waals surface area contributed by atoms with E-state index in [2.05, 4.69) is 35.8 Å². The van der Waals surface area contributed by atoms with Crippen molar-refractivity contribution in [3.05, 3.63) is 70.5 Å². The first-order valence-corrected chi connectivity index (χ1v) is 11.9. The van der Waals surface area contributed by atoms with E-state index in [-0.39, 0.29) is 29.2 Å². The van der Waals surface area contributed by atoms with Gasteiger partial charge in [-0.1, -0.05) is 29.8 Å². The number of nitrogens with one attached hydrogen (secondary N) is 3. The number of alkyl halides is 3. The lowest BCUT2D eigenvalue weighted by Crippen LogP contribution is -2.30. The molecule has 0 spiro atoms. The molecule has 1 aromatic carbocycles. The van der Waals surface area contributed by atoms with Gasteiger partial charge in [0.15, 0.2) is 5.82 Å². The normalized spacial score (nSPS) is 15.1. The molecule has 1 atom stereocenters. The lowest BCUT2D eigenvalue weighted by atomic mass is 10.1. The van der Waals surface area contributed by atoms with Crippen molar-refractivity contribution in [1.29, 1.82) is 5.41 Å². The summed E-state index contributed by atoms with van der Waals surface area (Å²) in [6.07, 6.45) is 5.89. The number of benzene rings is 1. The number of nitrogens with zero attached hydrogens (tertiary/aromatic N) is 7. The third-order valence-corrected chi connectivity index (χ3v) is 6.43. The Labute approximate surface area is 220 Å². The van der Waals surface area contributed by atoms with E-state index in [1.54, 1.807) is 37.0 Å². The van der Waals surface area contributed by atoms with E-state index in [1.165, 1.54) is 24.3 Å². The van der Waals surface area contributed by atoms with Gasteiger partial charge < -0.3 is 20.6 Å². The molecule has 5 rings (SSSR count). The minimum absolute atomic E-state index is 0.0170. The molecule has 0 bridgehead atoms. The molecule has 0 amide bonds. The number of halogens is 4. The maximum Gasteiger partial charge on any atom is 0.333 e. The molecular formula is C24H22ClF3N10. The van der Waals surface area contributed by atoms with Crippen LogP contribution in [0.2, 0.25) is 5.02 Å². The highest BCUT2D eigenvalue weighted by atomic mass is 35.5. The summed E-state index contributed by atoms with van der Waals surface area (Å²) in [5.41, 5.74) is 1.18. The van der Waals surface area contributed by atoms with E-state index in [9.17, 15) is 4.39 Å². The molecule has 0 unspecified atom stereocenters. The molecule has 3 aromatic heterocycles. The van der Waals surface area contributed by atoms with Crippen molar-refractivity contribution in [1.82, 2.24) is 39.6 Å². The highest BCUT2D eigenvalue weighted by Crippen LogP contribution is 2.42. The molecule has 4 heterocycles. The lowest BCUT2D eigenvalue weighted by molar-refractivity contribution is 0.0258. The highest BCUT2D eigenvalue weighted by molar-refractivity contribution is 6.31. The summed E-state index contributed by atoms with van der Waals surface area (Å²) in [4.78, 5) is 13.4. The minimum Gasteiger partial charge on any atom is -0.375 e. The third kappa shape index (κ3) is 4.28. The van der Waals surface area contributed by atoms with Crippen molar-refractivity contribution < 1.29 is 13.2 Å². The fraction of sp³-hybridized carbons (Fsp3) is 0.250. The van der Waals surface area contributed by atoms with Crippen molar-refractivity contribution in [2.45, 2.75) is 25.4 Å². The summed E-state index contributed by atoms with van der Waals surface area (Å²) in [7, 11) is 1.68. The topological polar surface area (TPSA) is 122 Å². The first-order valence-electron chi connectivity index (χ1n) is 11.5. The van der Waals surface area contributed by atoms with Gasteiger partial charge in [-0.2, -0.15) is 8.78 Å². The summed E-state index contributed by atoms with van der Waals surface area (Å²) >= 11 is 6.05. The summed E-state index contributed by atoms with van der Waals surface area (Å²) in [6, 6.07) is 4.57. The van der Waals surface area contributed by atoms with Crippen LogP contribution < -0.4 is 10.6 Å². The van der Waals surface area contributed by atoms with E-state index in [0.717, 1.165) is 10.8 Å². The molecule has 38 heavy (non-hydrogen) atoms. The maximum absolute atomic E-state index is 15.6. The highest BCUT2D eigenvalue weighted by Gasteiger charge is 2.45. The van der Waals surface area contributed by atoms with Gasteiger partial charge in [0.2, 0.25) is 17.6 Å². The van der Waals surface area contributed by atoms with Crippen molar-refractivity contribution in [2.24, 2.45) is 0 Å². The van der Waals surface area contributed by atoms with Crippen LogP contribution in [0.3, 0.4) is 0 Å². The number of rotatable bonds is 8. The van der Waals surface area contributed by atoms with Gasteiger partial charge in [0, 0.05) is 37.8 Å². The number of hydrogen-bond acceptors (Lipinski definition) is 8. The number of hydrogen-bond donors (Lipinski definition) is 3. The molecule has 14 heteroatoms. The Morgan fingerprint density at radius 3 is 2.74 bits per heavy atom. The Kier molecular flexibility index (Phi) is 6.61. The molecule has 1 aliphatic heterocycles. The second-order valence-corrected chi connectivity index (χ2v) is 8.94. The average Bonchev–Trinajstić information content (AvgIpc) is 3.54. The average molecular weight is 543 g/mol. The Morgan fingerprint density at radius 1 is 1.24 bits per heavy atom. The van der Waals surface area contributed by atoms with Crippen LogP contribution in [0.15, 0.2) is 48.6 Å². The van der Waals surface area contributed by atoms with Gasteiger partial charge in [0.25, 0.3) is 0 Å². The number of aryl methyl sites for hydroxylation is 1. The molecule has 0 saturated carbocycles. The summed E-state index contributed by atoms with van der Waals surface area (Å²) in [5, 5.41) is 20.8. The molecule has 0 fully saturated rings. The fourth-order valence-electron chi connectivity index (χ4n) is 4.27. The molecule has 0 aliphatic carbocycles. The lowest BCUT2D eigenvalue weighted by Gasteiger charge is -2.27. The Morgan fingerprint density at radius 2 is 2.03 bits per heavy atom. The fourth-order valence-corrected chi connectivity index (χ4v) is 4.52. The molecule has 3 N–H and O–H groups in total. The second-order valence-electron chi connectivity index (χ2n) is 8.53. The standard InChI is InChI=1S/C24H22ClF3N10/c1-13-10-31-23(33-18(30-2)7-8-29)34-19(13)17-12-37-11-14(9-26)38-21(20(37)32-17)35-36-22(38)24(27,28)15-5-3-4-6-16(15)25/h3-8,10,12,14,29-30H,9,11H2,1-2H3,(H,31,33,34)/b18-7+,29-8?/t14-/m1/s1. The summed E-state index contributed by atoms with van der Waals surface area (Å²) < 4.78 is 48.2. The first kappa shape index (κ1) is 25.4. The van der Waals surface area contributed by atoms with E-state index in [1.807, 2.05) is 0 Å². The number of allylic oxidation sites excluding steroid dienone is 1. The largest absolute Gasteiger partial charge is 0.375 e. The minimum atomic E-state index is -3.62. The predicted octanol–water partition coefficient (Wildman–Crippen LogP) is 4.35. The van der Waals surface area contributed by atoms with Crippen LogP contribution in [0.4, 0.5) is 19.1 Å². The molecular weight excluding hydrogens is 521 g/mol. The van der Waals surface area contributed by atoms with Gasteiger partial charge in [-0.15, -0.1) is 10.2 Å². The SMILES string of the molecule is CN/C(=C\C=N)Nc1ncc(C)c(-c2cn3c(n2)-c2nnc(C(F)(F)c4ccccc4Cl)n2[C@H](CF)C3)n1. The molecule has 0 saturated heterocycles. The van der Waals surface area contributed by atoms with Crippen molar-refractivity contribution in [3.63, 3.8) is 0 Å². The van der Waals surface area contributed by atoms with Crippen LogP contribution in [-0.2, 0) is 12.5 Å². The zero-order valence-electron chi connectivity index (χ0n) is 20.3. The van der Waals surface area contributed by atoms with E-state index >= 15 is 8.78 Å². The van der Waals surface area contributed by atoms with Crippen molar-refractivity contribution >= 4 is 23.8 Å². The van der Waals surface area contributed by atoms with Crippen LogP contribution in [0, 0.1) is 12.3 Å². The monoisotopic (exact) mass is 542 g/mol. The zero-order chi connectivity index (χ0) is 27.0. The van der Waals surface area contributed by atoms with Gasteiger partial charge in [-0.05, 0) is 24.6 Å². The molecule has 196 valence electrons. The smallest absolute Gasteiger partial charge is 0.333 e. The molecule has 0 radical (unpaired) electrons. The number of aromatic nitrogens is 7. The van der Waals surface area contributed by atoms with Crippen LogP contribution in [0.25, 0.3) is 23.0 Å². The number of fused-ring (bicyclic) bond motifs is 3. The van der Waals surface area contributed by atoms with E-state index < -0.39 is 30.0 Å². The number of anilines is 1. The van der Waals surface area contributed by atoms with Crippen LogP contribution in [0.5, 0.6) is 0 Å². The van der Waals surface area contributed by atoms with Gasteiger partial charge in [0.1, 0.15) is 18.2 Å². The maximum atomic E-state index is 15.6. The predicted molar refractivity (Wildman–Crippen MR) is 136 cm³/mol. The van der Waals surface area contributed by atoms with Gasteiger partial charge in [0.05, 0.1) is 16.8 Å². The Balaban J connectivity index is 1.58. The second kappa shape index (κ2) is 9.89. The van der Waals surface area contributed by atoms with Crippen molar-refractivity contribution in [2.75, 3.05) is 19.0 Å². The zero-order valence-corrected chi connectivity index (χ0v) is 21.0. The Hall–Kier alpha value is -4.26. The quantitative estimate of drug-likeness (QED) is 0.283. The summed E-state index contributed by atoms with van der Waals surface area (Å²) in [6.45, 7) is 0.923. The van der Waals surface area contributed by atoms with Gasteiger partial charge >= 0.3 is 5.92 Å². The van der Waals surface area contributed by atoms with E-state index in [0.29, 0.717) is 22.8 Å². The molecule has 10 nitrogen and oxygen atoms in total. The Bertz CT molecular complexity index is 1540. The van der Waals surface area contributed by atoms with Gasteiger partial charge in [-0.25, -0.2) is 19.3 Å². The van der Waals surface area contributed by atoms with E-state index in [4.69, 9.17) is 17.0 Å². The van der Waals surface area contributed by atoms with Crippen LogP contribution in [0.1, 0.15) is 23.0 Å². The van der Waals surface area contributed by atoms with Gasteiger partial charge in [-0.3, -0.25) is 4.57 Å². The first-order chi connectivity index (χ1) is 18.3. The van der Waals surface area contributed by atoms with Crippen LogP contribution >= 0.6 is 11.6 Å².